The fourth-order valence-corrected chi connectivity index (χ4v) is 2.87. The van der Waals surface area contributed by atoms with Gasteiger partial charge in [0.2, 0.25) is 11.8 Å². The van der Waals surface area contributed by atoms with Crippen molar-refractivity contribution in [3.63, 3.8) is 0 Å². The van der Waals surface area contributed by atoms with Crippen LogP contribution in [0.4, 0.5) is 10.1 Å². The van der Waals surface area contributed by atoms with Crippen LogP contribution in [-0.4, -0.2) is 67.4 Å². The Hall–Kier alpha value is -1.99. The Kier molecular flexibility index (Phi) is 8.50. The zero-order chi connectivity index (χ0) is 18.8. The summed E-state index contributed by atoms with van der Waals surface area (Å²) in [4.78, 5) is 28.1. The molecule has 0 spiro atoms. The van der Waals surface area contributed by atoms with Crippen molar-refractivity contribution >= 4 is 17.5 Å². The first kappa shape index (κ1) is 20.3. The lowest BCUT2D eigenvalue weighted by Gasteiger charge is -2.34. The number of nitrogens with zero attached hydrogens (tertiary/aromatic N) is 2. The maximum atomic E-state index is 13.5. The van der Waals surface area contributed by atoms with Crippen LogP contribution in [0.25, 0.3) is 0 Å². The molecule has 26 heavy (non-hydrogen) atoms. The summed E-state index contributed by atoms with van der Waals surface area (Å²) in [6, 6.07) is 6.16. The van der Waals surface area contributed by atoms with Gasteiger partial charge in [-0.15, -0.1) is 0 Å². The van der Waals surface area contributed by atoms with E-state index >= 15 is 0 Å². The second kappa shape index (κ2) is 10.9. The molecule has 2 amide bonds. The van der Waals surface area contributed by atoms with Crippen LogP contribution < -0.4 is 10.6 Å². The smallest absolute Gasteiger partial charge is 0.234 e. The van der Waals surface area contributed by atoms with E-state index in [9.17, 15) is 14.0 Å². The van der Waals surface area contributed by atoms with Crippen molar-refractivity contribution < 1.29 is 14.0 Å². The summed E-state index contributed by atoms with van der Waals surface area (Å²) < 4.78 is 13.5. The van der Waals surface area contributed by atoms with Gasteiger partial charge in [-0.3, -0.25) is 14.5 Å². The van der Waals surface area contributed by atoms with Crippen molar-refractivity contribution in [1.82, 2.24) is 15.1 Å². The third-order valence-corrected chi connectivity index (χ3v) is 4.49. The van der Waals surface area contributed by atoms with Crippen LogP contribution in [0, 0.1) is 5.82 Å². The summed E-state index contributed by atoms with van der Waals surface area (Å²) in [6.07, 6.45) is 2.41. The van der Waals surface area contributed by atoms with E-state index in [2.05, 4.69) is 27.4 Å². The largest absolute Gasteiger partial charge is 0.355 e. The number of anilines is 1. The third kappa shape index (κ3) is 7.09. The van der Waals surface area contributed by atoms with Gasteiger partial charge in [0.1, 0.15) is 5.82 Å². The highest BCUT2D eigenvalue weighted by Crippen LogP contribution is 2.12. The zero-order valence-corrected chi connectivity index (χ0v) is 15.5. The highest BCUT2D eigenvalue weighted by Gasteiger charge is 2.19. The number of rotatable bonds is 9. The Bertz CT molecular complexity index is 589. The van der Waals surface area contributed by atoms with Gasteiger partial charge < -0.3 is 15.5 Å². The summed E-state index contributed by atoms with van der Waals surface area (Å²) in [5, 5.41) is 5.54. The lowest BCUT2D eigenvalue weighted by Crippen LogP contribution is -2.49. The average molecular weight is 364 g/mol. The normalized spacial score (nSPS) is 15.6. The Morgan fingerprint density at radius 1 is 1.08 bits per heavy atom. The molecule has 7 heteroatoms. The van der Waals surface area contributed by atoms with Gasteiger partial charge in [0, 0.05) is 45.7 Å². The van der Waals surface area contributed by atoms with E-state index < -0.39 is 5.82 Å². The minimum absolute atomic E-state index is 0.0798. The quantitative estimate of drug-likeness (QED) is 0.655. The van der Waals surface area contributed by atoms with Crippen molar-refractivity contribution in [2.75, 3.05) is 51.1 Å². The first-order valence-electron chi connectivity index (χ1n) is 9.34. The topological polar surface area (TPSA) is 64.7 Å². The SMILES string of the molecule is CCCCNC(=O)CN1CCN(CCC(=O)Nc2ccccc2F)CC1. The van der Waals surface area contributed by atoms with Gasteiger partial charge in [-0.05, 0) is 18.6 Å². The van der Waals surface area contributed by atoms with Crippen LogP contribution in [0.1, 0.15) is 26.2 Å². The number of benzene rings is 1. The van der Waals surface area contributed by atoms with Crippen molar-refractivity contribution in [2.45, 2.75) is 26.2 Å². The lowest BCUT2D eigenvalue weighted by molar-refractivity contribution is -0.122. The minimum atomic E-state index is -0.424. The van der Waals surface area contributed by atoms with Crippen LogP contribution >= 0.6 is 0 Å². The van der Waals surface area contributed by atoms with E-state index in [0.29, 0.717) is 19.5 Å². The van der Waals surface area contributed by atoms with Crippen molar-refractivity contribution in [1.29, 1.82) is 0 Å². The van der Waals surface area contributed by atoms with Gasteiger partial charge in [-0.1, -0.05) is 25.5 Å². The third-order valence-electron chi connectivity index (χ3n) is 4.49. The molecular weight excluding hydrogens is 335 g/mol. The van der Waals surface area contributed by atoms with Crippen LogP contribution in [0.2, 0.25) is 0 Å². The number of carbonyl (C=O) groups is 2. The number of para-hydroxylation sites is 1. The van der Waals surface area contributed by atoms with Gasteiger partial charge in [0.15, 0.2) is 0 Å². The first-order valence-corrected chi connectivity index (χ1v) is 9.34. The summed E-state index contributed by atoms with van der Waals surface area (Å²) in [5.41, 5.74) is 0.219. The predicted molar refractivity (Wildman–Crippen MR) is 100 cm³/mol. The van der Waals surface area contributed by atoms with Gasteiger partial charge in [0.05, 0.1) is 12.2 Å². The number of unbranched alkanes of at least 4 members (excludes halogenated alkanes) is 1. The summed E-state index contributed by atoms with van der Waals surface area (Å²) in [6.45, 7) is 7.20. The summed E-state index contributed by atoms with van der Waals surface area (Å²) in [5.74, 6) is -0.532. The highest BCUT2D eigenvalue weighted by atomic mass is 19.1. The van der Waals surface area contributed by atoms with E-state index in [1.807, 2.05) is 0 Å². The Morgan fingerprint density at radius 2 is 1.77 bits per heavy atom. The van der Waals surface area contributed by atoms with Gasteiger partial charge >= 0.3 is 0 Å². The Labute approximate surface area is 154 Å². The molecule has 1 aromatic carbocycles. The predicted octanol–water partition coefficient (Wildman–Crippen LogP) is 1.69. The molecule has 0 bridgehead atoms. The summed E-state index contributed by atoms with van der Waals surface area (Å²) >= 11 is 0. The molecule has 2 rings (SSSR count). The number of hydrogen-bond donors (Lipinski definition) is 2. The minimum Gasteiger partial charge on any atom is -0.355 e. The maximum absolute atomic E-state index is 13.5. The number of carbonyl (C=O) groups excluding carboxylic acids is 2. The molecule has 0 saturated carbocycles. The fraction of sp³-hybridized carbons (Fsp3) is 0.579. The van der Waals surface area contributed by atoms with Gasteiger partial charge in [-0.25, -0.2) is 4.39 Å². The molecule has 1 saturated heterocycles. The molecule has 1 heterocycles. The molecule has 0 radical (unpaired) electrons. The van der Waals surface area contributed by atoms with Crippen molar-refractivity contribution in [2.24, 2.45) is 0 Å². The monoisotopic (exact) mass is 364 g/mol. The second-order valence-electron chi connectivity index (χ2n) is 6.60. The molecule has 0 unspecified atom stereocenters. The molecule has 1 fully saturated rings. The molecule has 0 atom stereocenters. The average Bonchev–Trinajstić information content (AvgIpc) is 2.63. The van der Waals surface area contributed by atoms with Gasteiger partial charge in [-0.2, -0.15) is 0 Å². The number of piperazine rings is 1. The Balaban J connectivity index is 1.62. The lowest BCUT2D eigenvalue weighted by atomic mass is 10.2. The summed E-state index contributed by atoms with van der Waals surface area (Å²) in [7, 11) is 0. The van der Waals surface area contributed by atoms with E-state index in [4.69, 9.17) is 0 Å². The molecule has 6 nitrogen and oxygen atoms in total. The van der Waals surface area contributed by atoms with Crippen LogP contribution in [-0.2, 0) is 9.59 Å². The molecule has 1 aliphatic rings. The van der Waals surface area contributed by atoms with Crippen LogP contribution in [0.5, 0.6) is 0 Å². The number of amides is 2. The van der Waals surface area contributed by atoms with Gasteiger partial charge in [0.25, 0.3) is 0 Å². The van der Waals surface area contributed by atoms with E-state index in [-0.39, 0.29) is 17.5 Å². The maximum Gasteiger partial charge on any atom is 0.234 e. The molecule has 2 N–H and O–H groups in total. The molecule has 1 aliphatic heterocycles. The second-order valence-corrected chi connectivity index (χ2v) is 6.60. The van der Waals surface area contributed by atoms with E-state index in [1.165, 1.54) is 6.07 Å². The standard InChI is InChI=1S/C19H29FN4O2/c1-2-3-9-21-19(26)15-24-13-11-23(12-14-24)10-8-18(25)22-17-7-5-4-6-16(17)20/h4-7H,2-3,8-15H2,1H3,(H,21,26)(H,22,25). The van der Waals surface area contributed by atoms with Crippen molar-refractivity contribution in [3.8, 4) is 0 Å². The molecule has 0 aromatic heterocycles. The highest BCUT2D eigenvalue weighted by molar-refractivity contribution is 5.90. The number of halogens is 1. The van der Waals surface area contributed by atoms with Crippen molar-refractivity contribution in [3.05, 3.63) is 30.1 Å². The number of nitrogens with one attached hydrogen (secondary N) is 2. The van der Waals surface area contributed by atoms with E-state index in [1.54, 1.807) is 18.2 Å². The Morgan fingerprint density at radius 3 is 2.46 bits per heavy atom. The van der Waals surface area contributed by atoms with Crippen LogP contribution in [0.15, 0.2) is 24.3 Å². The molecule has 144 valence electrons. The van der Waals surface area contributed by atoms with E-state index in [0.717, 1.165) is 45.6 Å². The number of hydrogen-bond acceptors (Lipinski definition) is 4. The molecule has 0 aliphatic carbocycles. The van der Waals surface area contributed by atoms with Crippen LogP contribution in [0.3, 0.4) is 0 Å². The zero-order valence-electron chi connectivity index (χ0n) is 15.5. The first-order chi connectivity index (χ1) is 12.6. The molecule has 1 aromatic rings. The fourth-order valence-electron chi connectivity index (χ4n) is 2.87. The molecular formula is C19H29FN4O2.